The number of halogens is 1. The Bertz CT molecular complexity index is 1130. The van der Waals surface area contributed by atoms with Crippen molar-refractivity contribution in [3.05, 3.63) is 70.5 Å². The first-order chi connectivity index (χ1) is 15.8. The zero-order valence-corrected chi connectivity index (χ0v) is 20.7. The van der Waals surface area contributed by atoms with Gasteiger partial charge in [0.1, 0.15) is 0 Å². The molecular weight excluding hydrogens is 458 g/mol. The molecule has 0 aliphatic carbocycles. The van der Waals surface area contributed by atoms with E-state index in [1.165, 1.54) is 11.8 Å². The highest BCUT2D eigenvalue weighted by atomic mass is 35.5. The van der Waals surface area contributed by atoms with Crippen molar-refractivity contribution < 1.29 is 9.59 Å². The van der Waals surface area contributed by atoms with Gasteiger partial charge in [0.25, 0.3) is 5.91 Å². The summed E-state index contributed by atoms with van der Waals surface area (Å²) in [5.41, 5.74) is 2.25. The Morgan fingerprint density at radius 2 is 1.88 bits per heavy atom. The standard InChI is InChI=1S/C24H28ClN5O2S/c1-5-30-22(21(15(2)3)27-23(32)18-11-6-7-12-19(18)25)28-29-24(30)33-14-20(31)26-17-10-8-9-16(4)13-17/h6-13,15,21H,5,14H2,1-4H3,(H,26,31)(H,27,32)/t21-/m1/s1. The molecule has 2 amide bonds. The van der Waals surface area contributed by atoms with Crippen molar-refractivity contribution in [1.29, 1.82) is 0 Å². The number of carbonyl (C=O) groups excluding carboxylic acids is 2. The van der Waals surface area contributed by atoms with E-state index in [9.17, 15) is 9.59 Å². The smallest absolute Gasteiger partial charge is 0.253 e. The highest BCUT2D eigenvalue weighted by Crippen LogP contribution is 2.26. The lowest BCUT2D eigenvalue weighted by molar-refractivity contribution is -0.113. The quantitative estimate of drug-likeness (QED) is 0.411. The molecule has 2 aromatic carbocycles. The lowest BCUT2D eigenvalue weighted by atomic mass is 10.0. The van der Waals surface area contributed by atoms with Crippen LogP contribution in [0.3, 0.4) is 0 Å². The van der Waals surface area contributed by atoms with Crippen LogP contribution in [0.4, 0.5) is 5.69 Å². The van der Waals surface area contributed by atoms with Crippen LogP contribution in [0.1, 0.15) is 48.6 Å². The molecule has 3 aromatic rings. The first kappa shape index (κ1) is 24.8. The molecule has 7 nitrogen and oxygen atoms in total. The molecule has 0 bridgehead atoms. The predicted molar refractivity (Wildman–Crippen MR) is 133 cm³/mol. The highest BCUT2D eigenvalue weighted by Gasteiger charge is 2.26. The molecule has 2 N–H and O–H groups in total. The molecule has 0 aliphatic heterocycles. The summed E-state index contributed by atoms with van der Waals surface area (Å²) in [7, 11) is 0. The van der Waals surface area contributed by atoms with E-state index < -0.39 is 0 Å². The van der Waals surface area contributed by atoms with Crippen LogP contribution >= 0.6 is 23.4 Å². The van der Waals surface area contributed by atoms with Crippen LogP contribution in [0.25, 0.3) is 0 Å². The van der Waals surface area contributed by atoms with Gasteiger partial charge >= 0.3 is 0 Å². The molecule has 174 valence electrons. The van der Waals surface area contributed by atoms with Crippen molar-refractivity contribution in [2.24, 2.45) is 5.92 Å². The van der Waals surface area contributed by atoms with Gasteiger partial charge in [-0.2, -0.15) is 0 Å². The molecule has 1 heterocycles. The van der Waals surface area contributed by atoms with Gasteiger partial charge in [-0.05, 0) is 49.6 Å². The first-order valence-electron chi connectivity index (χ1n) is 10.8. The van der Waals surface area contributed by atoms with Gasteiger partial charge in [0.2, 0.25) is 5.91 Å². The molecule has 33 heavy (non-hydrogen) atoms. The third-order valence-corrected chi connectivity index (χ3v) is 6.34. The van der Waals surface area contributed by atoms with Crippen molar-refractivity contribution >= 4 is 40.9 Å². The monoisotopic (exact) mass is 485 g/mol. The van der Waals surface area contributed by atoms with Gasteiger partial charge < -0.3 is 15.2 Å². The number of rotatable bonds is 9. The number of anilines is 1. The number of thioether (sulfide) groups is 1. The maximum Gasteiger partial charge on any atom is 0.253 e. The zero-order valence-electron chi connectivity index (χ0n) is 19.1. The molecule has 0 spiro atoms. The number of carbonyl (C=O) groups is 2. The summed E-state index contributed by atoms with van der Waals surface area (Å²) in [6.07, 6.45) is 0. The second-order valence-electron chi connectivity index (χ2n) is 7.97. The minimum atomic E-state index is -0.364. The second-order valence-corrected chi connectivity index (χ2v) is 9.32. The van der Waals surface area contributed by atoms with E-state index in [-0.39, 0.29) is 29.5 Å². The Hall–Kier alpha value is -2.84. The van der Waals surface area contributed by atoms with Crippen LogP contribution < -0.4 is 10.6 Å². The molecule has 0 fully saturated rings. The van der Waals surface area contributed by atoms with E-state index in [0.717, 1.165) is 11.3 Å². The number of aryl methyl sites for hydroxylation is 1. The summed E-state index contributed by atoms with van der Waals surface area (Å²) in [6.45, 7) is 8.58. The van der Waals surface area contributed by atoms with Crippen LogP contribution in [0.15, 0.2) is 53.7 Å². The Labute approximate surface area is 203 Å². The maximum absolute atomic E-state index is 12.9. The molecular formula is C24H28ClN5O2S. The summed E-state index contributed by atoms with van der Waals surface area (Å²) in [4.78, 5) is 25.3. The van der Waals surface area contributed by atoms with Crippen LogP contribution in [0.2, 0.25) is 5.02 Å². The van der Waals surface area contributed by atoms with E-state index in [1.54, 1.807) is 24.3 Å². The minimum absolute atomic E-state index is 0.0633. The van der Waals surface area contributed by atoms with Gasteiger partial charge in [0.05, 0.1) is 22.4 Å². The van der Waals surface area contributed by atoms with Gasteiger partial charge in [0.15, 0.2) is 11.0 Å². The van der Waals surface area contributed by atoms with Crippen molar-refractivity contribution in [1.82, 2.24) is 20.1 Å². The second kappa shape index (κ2) is 11.3. The van der Waals surface area contributed by atoms with E-state index in [0.29, 0.717) is 28.1 Å². The molecule has 1 atom stereocenters. The predicted octanol–water partition coefficient (Wildman–Crippen LogP) is 5.12. The summed E-state index contributed by atoms with van der Waals surface area (Å²) in [5.74, 6) is 0.523. The number of aromatic nitrogens is 3. The Morgan fingerprint density at radius 3 is 2.55 bits per heavy atom. The third-order valence-electron chi connectivity index (χ3n) is 5.05. The Morgan fingerprint density at radius 1 is 1.12 bits per heavy atom. The normalized spacial score (nSPS) is 11.9. The zero-order chi connectivity index (χ0) is 24.0. The summed E-state index contributed by atoms with van der Waals surface area (Å²) in [5, 5.41) is 15.6. The molecule has 0 radical (unpaired) electrons. The van der Waals surface area contributed by atoms with Crippen LogP contribution in [-0.4, -0.2) is 32.3 Å². The van der Waals surface area contributed by atoms with E-state index in [2.05, 4.69) is 20.8 Å². The number of hydrogen-bond acceptors (Lipinski definition) is 5. The fourth-order valence-electron chi connectivity index (χ4n) is 3.38. The van der Waals surface area contributed by atoms with E-state index in [1.807, 2.05) is 56.5 Å². The minimum Gasteiger partial charge on any atom is -0.342 e. The average Bonchev–Trinajstić information content (AvgIpc) is 3.18. The van der Waals surface area contributed by atoms with Crippen molar-refractivity contribution in [3.8, 4) is 0 Å². The molecule has 1 aromatic heterocycles. The van der Waals surface area contributed by atoms with Gasteiger partial charge in [-0.3, -0.25) is 9.59 Å². The van der Waals surface area contributed by atoms with Gasteiger partial charge in [0, 0.05) is 12.2 Å². The number of nitrogens with zero attached hydrogens (tertiary/aromatic N) is 3. The maximum atomic E-state index is 12.9. The number of amides is 2. The van der Waals surface area contributed by atoms with E-state index >= 15 is 0 Å². The number of hydrogen-bond donors (Lipinski definition) is 2. The van der Waals surface area contributed by atoms with Crippen LogP contribution in [0, 0.1) is 12.8 Å². The fourth-order valence-corrected chi connectivity index (χ4v) is 4.41. The first-order valence-corrected chi connectivity index (χ1v) is 12.1. The summed E-state index contributed by atoms with van der Waals surface area (Å²) in [6, 6.07) is 14.2. The molecule has 3 rings (SSSR count). The van der Waals surface area contributed by atoms with Gasteiger partial charge in [-0.15, -0.1) is 10.2 Å². The lowest BCUT2D eigenvalue weighted by Gasteiger charge is -2.22. The molecule has 0 saturated heterocycles. The molecule has 0 unspecified atom stereocenters. The van der Waals surface area contributed by atoms with E-state index in [4.69, 9.17) is 11.6 Å². The third kappa shape index (κ3) is 6.36. The van der Waals surface area contributed by atoms with Crippen LogP contribution in [0.5, 0.6) is 0 Å². The summed E-state index contributed by atoms with van der Waals surface area (Å²) < 4.78 is 1.93. The fraction of sp³-hybridized carbons (Fsp3) is 0.333. The highest BCUT2D eigenvalue weighted by molar-refractivity contribution is 7.99. The molecule has 9 heteroatoms. The van der Waals surface area contributed by atoms with Crippen molar-refractivity contribution in [2.75, 3.05) is 11.1 Å². The number of nitrogens with one attached hydrogen (secondary N) is 2. The van der Waals surface area contributed by atoms with Gasteiger partial charge in [-0.25, -0.2) is 0 Å². The van der Waals surface area contributed by atoms with Crippen molar-refractivity contribution in [3.63, 3.8) is 0 Å². The molecule has 0 aliphatic rings. The largest absolute Gasteiger partial charge is 0.342 e. The molecule has 0 saturated carbocycles. The number of benzene rings is 2. The van der Waals surface area contributed by atoms with Gasteiger partial charge in [-0.1, -0.05) is 61.5 Å². The van der Waals surface area contributed by atoms with Crippen molar-refractivity contribution in [2.45, 2.75) is 45.4 Å². The van der Waals surface area contributed by atoms with Crippen LogP contribution in [-0.2, 0) is 11.3 Å². The lowest BCUT2D eigenvalue weighted by Crippen LogP contribution is -2.34. The average molecular weight is 486 g/mol. The topological polar surface area (TPSA) is 88.9 Å². The SMILES string of the molecule is CCn1c(SCC(=O)Nc2cccc(C)c2)nnc1[C@H](NC(=O)c1ccccc1Cl)C(C)C. The Kier molecular flexibility index (Phi) is 8.52. The Balaban J connectivity index is 1.72. The summed E-state index contributed by atoms with van der Waals surface area (Å²) >= 11 is 7.51.